The summed E-state index contributed by atoms with van der Waals surface area (Å²) in [6.07, 6.45) is 2.09. The number of amides is 2. The summed E-state index contributed by atoms with van der Waals surface area (Å²) in [4.78, 5) is 29.3. The average molecular weight is 375 g/mol. The monoisotopic (exact) mass is 375 g/mol. The minimum absolute atomic E-state index is 0.0784. The summed E-state index contributed by atoms with van der Waals surface area (Å²) in [6.45, 7) is 1.80. The predicted molar refractivity (Wildman–Crippen MR) is 108 cm³/mol. The van der Waals surface area contributed by atoms with Crippen LogP contribution in [0.1, 0.15) is 39.3 Å². The van der Waals surface area contributed by atoms with Gasteiger partial charge in [-0.05, 0) is 62.2 Å². The number of rotatable bonds is 5. The molecule has 142 valence electrons. The standard InChI is InChI=1S/C22H21N3O3/c1-13-19(11-15-5-10-18(28-2)12-20(15)23-13)22(27)25-16-6-3-14(4-7-16)21(26)24-17-8-9-17/h3-7,10-12,17H,8-9H2,1-2H3,(H,24,26)(H,25,27). The Balaban J connectivity index is 1.51. The Morgan fingerprint density at radius 1 is 1.04 bits per heavy atom. The van der Waals surface area contributed by atoms with Crippen LogP contribution in [-0.4, -0.2) is 29.9 Å². The van der Waals surface area contributed by atoms with Crippen molar-refractivity contribution in [1.29, 1.82) is 0 Å². The highest BCUT2D eigenvalue weighted by molar-refractivity contribution is 6.07. The van der Waals surface area contributed by atoms with Crippen molar-refractivity contribution in [2.45, 2.75) is 25.8 Å². The van der Waals surface area contributed by atoms with Crippen LogP contribution in [-0.2, 0) is 0 Å². The van der Waals surface area contributed by atoms with E-state index in [4.69, 9.17) is 4.74 Å². The van der Waals surface area contributed by atoms with Crippen molar-refractivity contribution in [2.24, 2.45) is 0 Å². The van der Waals surface area contributed by atoms with Gasteiger partial charge >= 0.3 is 0 Å². The molecule has 0 radical (unpaired) electrons. The van der Waals surface area contributed by atoms with Gasteiger partial charge in [-0.25, -0.2) is 0 Å². The van der Waals surface area contributed by atoms with E-state index in [1.165, 1.54) is 0 Å². The van der Waals surface area contributed by atoms with E-state index in [9.17, 15) is 9.59 Å². The highest BCUT2D eigenvalue weighted by Crippen LogP contribution is 2.23. The van der Waals surface area contributed by atoms with Crippen LogP contribution in [0.15, 0.2) is 48.5 Å². The second-order valence-electron chi connectivity index (χ2n) is 6.96. The number of hydrogen-bond donors (Lipinski definition) is 2. The lowest BCUT2D eigenvalue weighted by Crippen LogP contribution is -2.25. The molecule has 0 unspecified atom stereocenters. The molecule has 6 nitrogen and oxygen atoms in total. The van der Waals surface area contributed by atoms with Gasteiger partial charge in [0, 0.05) is 28.7 Å². The van der Waals surface area contributed by atoms with E-state index in [0.717, 1.165) is 29.5 Å². The Hall–Kier alpha value is -3.41. The topological polar surface area (TPSA) is 80.3 Å². The molecule has 3 aromatic rings. The molecule has 1 saturated carbocycles. The molecule has 2 amide bonds. The van der Waals surface area contributed by atoms with Crippen molar-refractivity contribution >= 4 is 28.4 Å². The maximum Gasteiger partial charge on any atom is 0.257 e. The third-order valence-corrected chi connectivity index (χ3v) is 4.78. The number of methoxy groups -OCH3 is 1. The summed E-state index contributed by atoms with van der Waals surface area (Å²) >= 11 is 0. The van der Waals surface area contributed by atoms with Gasteiger partial charge < -0.3 is 15.4 Å². The first kappa shape index (κ1) is 18.0. The van der Waals surface area contributed by atoms with Crippen LogP contribution in [0.4, 0.5) is 5.69 Å². The molecule has 1 heterocycles. The molecule has 4 rings (SSSR count). The maximum absolute atomic E-state index is 12.7. The van der Waals surface area contributed by atoms with Gasteiger partial charge in [0.15, 0.2) is 0 Å². The summed E-state index contributed by atoms with van der Waals surface area (Å²) in [7, 11) is 1.61. The molecule has 28 heavy (non-hydrogen) atoms. The number of nitrogens with zero attached hydrogens (tertiary/aromatic N) is 1. The molecule has 0 bridgehead atoms. The fraction of sp³-hybridized carbons (Fsp3) is 0.227. The van der Waals surface area contributed by atoms with Crippen LogP contribution >= 0.6 is 0 Å². The highest BCUT2D eigenvalue weighted by atomic mass is 16.5. The number of carbonyl (C=O) groups excluding carboxylic acids is 2. The molecule has 0 aliphatic heterocycles. The van der Waals surface area contributed by atoms with Crippen molar-refractivity contribution < 1.29 is 14.3 Å². The Morgan fingerprint density at radius 3 is 2.46 bits per heavy atom. The zero-order valence-corrected chi connectivity index (χ0v) is 15.8. The van der Waals surface area contributed by atoms with Gasteiger partial charge in [-0.15, -0.1) is 0 Å². The van der Waals surface area contributed by atoms with Crippen LogP contribution in [0.25, 0.3) is 10.9 Å². The molecule has 1 aromatic heterocycles. The smallest absolute Gasteiger partial charge is 0.257 e. The second kappa shape index (κ2) is 7.31. The predicted octanol–water partition coefficient (Wildman–Crippen LogP) is 3.70. The summed E-state index contributed by atoms with van der Waals surface area (Å²) in [5.41, 5.74) is 3.14. The van der Waals surface area contributed by atoms with Crippen molar-refractivity contribution in [1.82, 2.24) is 10.3 Å². The molecule has 0 atom stereocenters. The minimum Gasteiger partial charge on any atom is -0.497 e. The molecule has 0 spiro atoms. The van der Waals surface area contributed by atoms with Crippen molar-refractivity contribution in [2.75, 3.05) is 12.4 Å². The molecule has 1 fully saturated rings. The van der Waals surface area contributed by atoms with Gasteiger partial charge in [0.05, 0.1) is 23.9 Å². The lowest BCUT2D eigenvalue weighted by atomic mass is 10.1. The van der Waals surface area contributed by atoms with E-state index in [-0.39, 0.29) is 11.8 Å². The number of aryl methyl sites for hydroxylation is 1. The molecule has 6 heteroatoms. The Labute approximate surface area is 162 Å². The van der Waals surface area contributed by atoms with E-state index < -0.39 is 0 Å². The normalized spacial score (nSPS) is 13.2. The van der Waals surface area contributed by atoms with Gasteiger partial charge in [0.2, 0.25) is 0 Å². The summed E-state index contributed by atoms with van der Waals surface area (Å²) < 4.78 is 5.22. The number of pyridine rings is 1. The molecule has 0 saturated heterocycles. The SMILES string of the molecule is COc1ccc2cc(C(=O)Nc3ccc(C(=O)NC4CC4)cc3)c(C)nc2c1. The number of aromatic nitrogens is 1. The largest absolute Gasteiger partial charge is 0.497 e. The van der Waals surface area contributed by atoms with Gasteiger partial charge in [-0.2, -0.15) is 0 Å². The first-order chi connectivity index (χ1) is 13.5. The average Bonchev–Trinajstić information content (AvgIpc) is 3.51. The molecule has 2 N–H and O–H groups in total. The van der Waals surface area contributed by atoms with E-state index in [1.807, 2.05) is 24.3 Å². The number of hydrogen-bond acceptors (Lipinski definition) is 4. The number of ether oxygens (including phenoxy) is 1. The fourth-order valence-electron chi connectivity index (χ4n) is 3.00. The Kier molecular flexibility index (Phi) is 4.69. The molecular formula is C22H21N3O3. The van der Waals surface area contributed by atoms with Crippen molar-refractivity contribution in [3.05, 3.63) is 65.4 Å². The fourth-order valence-corrected chi connectivity index (χ4v) is 3.00. The summed E-state index contributed by atoms with van der Waals surface area (Å²) in [5, 5.41) is 6.68. The molecular weight excluding hydrogens is 354 g/mol. The third kappa shape index (κ3) is 3.81. The van der Waals surface area contributed by atoms with Crippen LogP contribution < -0.4 is 15.4 Å². The zero-order valence-electron chi connectivity index (χ0n) is 15.8. The van der Waals surface area contributed by atoms with E-state index in [2.05, 4.69) is 15.6 Å². The lowest BCUT2D eigenvalue weighted by molar-refractivity contribution is 0.0950. The quantitative estimate of drug-likeness (QED) is 0.713. The Bertz CT molecular complexity index is 1060. The van der Waals surface area contributed by atoms with E-state index in [0.29, 0.717) is 28.6 Å². The van der Waals surface area contributed by atoms with Gasteiger partial charge in [0.25, 0.3) is 11.8 Å². The van der Waals surface area contributed by atoms with E-state index in [1.54, 1.807) is 38.3 Å². The Morgan fingerprint density at radius 2 is 1.79 bits per heavy atom. The molecule has 2 aromatic carbocycles. The first-order valence-corrected chi connectivity index (χ1v) is 9.21. The maximum atomic E-state index is 12.7. The van der Waals surface area contributed by atoms with Crippen LogP contribution in [0, 0.1) is 6.92 Å². The zero-order chi connectivity index (χ0) is 19.7. The first-order valence-electron chi connectivity index (χ1n) is 9.21. The number of anilines is 1. The number of benzene rings is 2. The van der Waals surface area contributed by atoms with Crippen LogP contribution in [0.2, 0.25) is 0 Å². The number of carbonyl (C=O) groups is 2. The van der Waals surface area contributed by atoms with Crippen molar-refractivity contribution in [3.63, 3.8) is 0 Å². The highest BCUT2D eigenvalue weighted by Gasteiger charge is 2.23. The summed E-state index contributed by atoms with van der Waals surface area (Å²) in [5.74, 6) is 0.408. The van der Waals surface area contributed by atoms with Gasteiger partial charge in [-0.1, -0.05) is 0 Å². The van der Waals surface area contributed by atoms with Crippen molar-refractivity contribution in [3.8, 4) is 5.75 Å². The molecule has 1 aliphatic rings. The van der Waals surface area contributed by atoms with Gasteiger partial charge in [0.1, 0.15) is 5.75 Å². The third-order valence-electron chi connectivity index (χ3n) is 4.78. The van der Waals surface area contributed by atoms with Crippen LogP contribution in [0.3, 0.4) is 0 Å². The van der Waals surface area contributed by atoms with Crippen LogP contribution in [0.5, 0.6) is 5.75 Å². The van der Waals surface area contributed by atoms with E-state index >= 15 is 0 Å². The number of fused-ring (bicyclic) bond motifs is 1. The minimum atomic E-state index is -0.238. The lowest BCUT2D eigenvalue weighted by Gasteiger charge is -2.10. The van der Waals surface area contributed by atoms with Gasteiger partial charge in [-0.3, -0.25) is 14.6 Å². The number of nitrogens with one attached hydrogen (secondary N) is 2. The second-order valence-corrected chi connectivity index (χ2v) is 6.96. The molecule has 1 aliphatic carbocycles. The summed E-state index contributed by atoms with van der Waals surface area (Å²) in [6, 6.07) is 14.6.